The maximum atomic E-state index is 11.1. The average molecular weight is 279 g/mol. The molecular weight excluding hydrogens is 265 g/mol. The molecule has 2 aromatic carbocycles. The van der Waals surface area contributed by atoms with Crippen molar-refractivity contribution in [2.75, 3.05) is 0 Å². The third-order valence-electron chi connectivity index (χ3n) is 2.54. The molecule has 5 nitrogen and oxygen atoms in total. The van der Waals surface area contributed by atoms with Crippen molar-refractivity contribution >= 4 is 7.60 Å². The van der Waals surface area contributed by atoms with E-state index >= 15 is 0 Å². The summed E-state index contributed by atoms with van der Waals surface area (Å²) in [5.41, 5.74) is 5.85. The van der Waals surface area contributed by atoms with Crippen molar-refractivity contribution in [3.05, 3.63) is 60.2 Å². The second-order valence-corrected chi connectivity index (χ2v) is 5.76. The maximum Gasteiger partial charge on any atom is 0.346 e. The van der Waals surface area contributed by atoms with Gasteiger partial charge in [0, 0.05) is 0 Å². The molecule has 0 bridgehead atoms. The number of ether oxygens (including phenoxy) is 1. The number of nitrogens with two attached hydrogens (primary N) is 1. The lowest BCUT2D eigenvalue weighted by atomic mass is 10.2. The lowest BCUT2D eigenvalue weighted by Crippen LogP contribution is -2.10. The van der Waals surface area contributed by atoms with Crippen molar-refractivity contribution in [3.63, 3.8) is 0 Å². The van der Waals surface area contributed by atoms with Gasteiger partial charge in [-0.05, 0) is 29.8 Å². The molecule has 2 aromatic rings. The fourth-order valence-corrected chi connectivity index (χ4v) is 2.13. The van der Waals surface area contributed by atoms with Crippen LogP contribution >= 0.6 is 7.60 Å². The fraction of sp³-hybridized carbons (Fsp3) is 0.0769. The Labute approximate surface area is 110 Å². The van der Waals surface area contributed by atoms with Crippen molar-refractivity contribution in [2.45, 2.75) is 5.78 Å². The Balaban J connectivity index is 2.23. The van der Waals surface area contributed by atoms with Gasteiger partial charge in [0.2, 0.25) is 0 Å². The molecule has 0 spiro atoms. The Hall–Kier alpha value is -1.65. The van der Waals surface area contributed by atoms with Gasteiger partial charge in [-0.2, -0.15) is 0 Å². The van der Waals surface area contributed by atoms with Crippen molar-refractivity contribution < 1.29 is 19.1 Å². The molecule has 0 radical (unpaired) electrons. The van der Waals surface area contributed by atoms with E-state index in [9.17, 15) is 4.57 Å². The first-order valence-corrected chi connectivity index (χ1v) is 7.28. The second kappa shape index (κ2) is 5.55. The highest BCUT2D eigenvalue weighted by atomic mass is 31.2. The lowest BCUT2D eigenvalue weighted by molar-refractivity contribution is 0.359. The van der Waals surface area contributed by atoms with Crippen molar-refractivity contribution in [1.29, 1.82) is 0 Å². The molecule has 1 atom stereocenters. The Morgan fingerprint density at radius 3 is 2.26 bits per heavy atom. The summed E-state index contributed by atoms with van der Waals surface area (Å²) < 4.78 is 16.7. The topological polar surface area (TPSA) is 92.8 Å². The largest absolute Gasteiger partial charge is 0.457 e. The van der Waals surface area contributed by atoms with Crippen LogP contribution in [0.2, 0.25) is 0 Å². The van der Waals surface area contributed by atoms with Crippen LogP contribution in [-0.4, -0.2) is 9.79 Å². The molecule has 0 aliphatic carbocycles. The van der Waals surface area contributed by atoms with Crippen LogP contribution in [0.25, 0.3) is 0 Å². The molecule has 0 saturated carbocycles. The molecule has 6 heteroatoms. The first kappa shape index (κ1) is 13.8. The number of para-hydroxylation sites is 1. The van der Waals surface area contributed by atoms with Gasteiger partial charge < -0.3 is 20.3 Å². The second-order valence-electron chi connectivity index (χ2n) is 4.02. The summed E-state index contributed by atoms with van der Waals surface area (Å²) in [6, 6.07) is 15.5. The van der Waals surface area contributed by atoms with E-state index < -0.39 is 13.4 Å². The number of benzene rings is 2. The van der Waals surface area contributed by atoms with Crippen LogP contribution in [0, 0.1) is 0 Å². The minimum atomic E-state index is -4.36. The molecule has 0 aliphatic heterocycles. The van der Waals surface area contributed by atoms with Crippen molar-refractivity contribution in [3.8, 4) is 11.5 Å². The van der Waals surface area contributed by atoms with E-state index in [0.29, 0.717) is 17.1 Å². The quantitative estimate of drug-likeness (QED) is 0.748. The summed E-state index contributed by atoms with van der Waals surface area (Å²) in [6.07, 6.45) is 0. The summed E-state index contributed by atoms with van der Waals surface area (Å²) in [4.78, 5) is 18.1. The first-order valence-electron chi connectivity index (χ1n) is 5.60. The molecule has 2 rings (SSSR count). The Kier molecular flexibility index (Phi) is 4.02. The van der Waals surface area contributed by atoms with Gasteiger partial charge in [0.1, 0.15) is 17.3 Å². The maximum absolute atomic E-state index is 11.1. The zero-order chi connectivity index (χ0) is 13.9. The first-order chi connectivity index (χ1) is 8.97. The van der Waals surface area contributed by atoms with E-state index in [0.717, 1.165) is 0 Å². The predicted molar refractivity (Wildman–Crippen MR) is 71.9 cm³/mol. The molecule has 0 amide bonds. The molecule has 0 fully saturated rings. The minimum Gasteiger partial charge on any atom is -0.457 e. The molecule has 4 N–H and O–H groups in total. The SMILES string of the molecule is N[C@H](c1cccc(Oc2ccccc2)c1)P(=O)(O)O. The summed E-state index contributed by atoms with van der Waals surface area (Å²) >= 11 is 0. The lowest BCUT2D eigenvalue weighted by Gasteiger charge is -2.14. The molecule has 0 aliphatic rings. The number of hydrogen-bond donors (Lipinski definition) is 3. The van der Waals surface area contributed by atoms with Crippen LogP contribution in [0.15, 0.2) is 54.6 Å². The van der Waals surface area contributed by atoms with Gasteiger partial charge in [-0.3, -0.25) is 4.57 Å². The average Bonchev–Trinajstić information content (AvgIpc) is 2.38. The molecular formula is C13H14NO4P. The van der Waals surface area contributed by atoms with E-state index in [1.807, 2.05) is 18.2 Å². The summed E-state index contributed by atoms with van der Waals surface area (Å²) in [6.45, 7) is 0. The zero-order valence-electron chi connectivity index (χ0n) is 10.0. The highest BCUT2D eigenvalue weighted by Crippen LogP contribution is 2.48. The standard InChI is InChI=1S/C13H14NO4P/c14-13(19(15,16)17)10-5-4-8-12(9-10)18-11-6-2-1-3-7-11/h1-9,13H,14H2,(H2,15,16,17)/t13-/m0/s1. The third kappa shape index (κ3) is 3.66. The van der Waals surface area contributed by atoms with Crippen LogP contribution in [0.4, 0.5) is 0 Å². The molecule has 0 aromatic heterocycles. The molecule has 0 saturated heterocycles. The summed E-state index contributed by atoms with van der Waals surface area (Å²) in [7, 11) is -4.36. The third-order valence-corrected chi connectivity index (χ3v) is 3.56. The van der Waals surface area contributed by atoms with Gasteiger partial charge in [-0.25, -0.2) is 0 Å². The van der Waals surface area contributed by atoms with Crippen LogP contribution < -0.4 is 10.5 Å². The summed E-state index contributed by atoms with van der Waals surface area (Å²) in [5, 5.41) is 0. The van der Waals surface area contributed by atoms with Gasteiger partial charge in [0.25, 0.3) is 0 Å². The molecule has 0 unspecified atom stereocenters. The van der Waals surface area contributed by atoms with Gasteiger partial charge >= 0.3 is 7.60 Å². The van der Waals surface area contributed by atoms with Gasteiger partial charge in [0.15, 0.2) is 0 Å². The molecule has 19 heavy (non-hydrogen) atoms. The van der Waals surface area contributed by atoms with Crippen molar-refractivity contribution in [1.82, 2.24) is 0 Å². The predicted octanol–water partition coefficient (Wildman–Crippen LogP) is 2.61. The van der Waals surface area contributed by atoms with E-state index in [1.165, 1.54) is 6.07 Å². The number of hydrogen-bond acceptors (Lipinski definition) is 3. The van der Waals surface area contributed by atoms with Crippen LogP contribution in [0.5, 0.6) is 11.5 Å². The highest BCUT2D eigenvalue weighted by molar-refractivity contribution is 7.52. The van der Waals surface area contributed by atoms with E-state index in [2.05, 4.69) is 0 Å². The normalized spacial score (nSPS) is 13.0. The van der Waals surface area contributed by atoms with Crippen LogP contribution in [-0.2, 0) is 4.57 Å². The van der Waals surface area contributed by atoms with Gasteiger partial charge in [-0.1, -0.05) is 30.3 Å². The Morgan fingerprint density at radius 1 is 1.00 bits per heavy atom. The molecule has 100 valence electrons. The van der Waals surface area contributed by atoms with E-state index in [-0.39, 0.29) is 0 Å². The van der Waals surface area contributed by atoms with E-state index in [1.54, 1.807) is 30.3 Å². The highest BCUT2D eigenvalue weighted by Gasteiger charge is 2.26. The minimum absolute atomic E-state index is 0.335. The number of rotatable bonds is 4. The van der Waals surface area contributed by atoms with Gasteiger partial charge in [-0.15, -0.1) is 0 Å². The van der Waals surface area contributed by atoms with Crippen LogP contribution in [0.3, 0.4) is 0 Å². The van der Waals surface area contributed by atoms with Crippen molar-refractivity contribution in [2.24, 2.45) is 5.73 Å². The Morgan fingerprint density at radius 2 is 1.63 bits per heavy atom. The van der Waals surface area contributed by atoms with E-state index in [4.69, 9.17) is 20.3 Å². The smallest absolute Gasteiger partial charge is 0.346 e. The van der Waals surface area contributed by atoms with Crippen LogP contribution in [0.1, 0.15) is 11.3 Å². The summed E-state index contributed by atoms with van der Waals surface area (Å²) in [5.74, 6) is -0.219. The fourth-order valence-electron chi connectivity index (χ4n) is 1.58. The molecule has 0 heterocycles. The Bertz CT molecular complexity index is 597. The van der Waals surface area contributed by atoms with Gasteiger partial charge in [0.05, 0.1) is 0 Å². The monoisotopic (exact) mass is 279 g/mol. The zero-order valence-corrected chi connectivity index (χ0v) is 10.9.